The lowest BCUT2D eigenvalue weighted by Gasteiger charge is -2.33. The average Bonchev–Trinajstić information content (AvgIpc) is 3.21. The summed E-state index contributed by atoms with van der Waals surface area (Å²) in [7, 11) is 0. The molecule has 30 heavy (non-hydrogen) atoms. The van der Waals surface area contributed by atoms with Crippen LogP contribution in [0.15, 0.2) is 33.8 Å². The van der Waals surface area contributed by atoms with Crippen LogP contribution in [-0.2, 0) is 16.1 Å². The van der Waals surface area contributed by atoms with Gasteiger partial charge >= 0.3 is 5.97 Å². The quantitative estimate of drug-likeness (QED) is 0.255. The monoisotopic (exact) mass is 547 g/mol. The highest BCUT2D eigenvalue weighted by molar-refractivity contribution is 14.0. The maximum Gasteiger partial charge on any atom is 0.310 e. The van der Waals surface area contributed by atoms with Gasteiger partial charge in [0, 0.05) is 30.2 Å². The summed E-state index contributed by atoms with van der Waals surface area (Å²) in [6.07, 6.45) is 1.75. The molecule has 0 spiro atoms. The van der Waals surface area contributed by atoms with E-state index in [9.17, 15) is 4.79 Å². The van der Waals surface area contributed by atoms with Gasteiger partial charge in [0.05, 0.1) is 12.5 Å². The Morgan fingerprint density at radius 1 is 1.37 bits per heavy atom. The number of nitrogens with one attached hydrogen (secondary N) is 1. The van der Waals surface area contributed by atoms with Gasteiger partial charge in [0.2, 0.25) is 11.7 Å². The summed E-state index contributed by atoms with van der Waals surface area (Å²) in [5.41, 5.74) is 0.827. The summed E-state index contributed by atoms with van der Waals surface area (Å²) in [6.45, 7) is 6.63. The molecule has 10 heteroatoms. The molecule has 0 bridgehead atoms. The summed E-state index contributed by atoms with van der Waals surface area (Å²) >= 11 is 5.92. The number of esters is 1. The second kappa shape index (κ2) is 12.1. The third kappa shape index (κ3) is 6.56. The lowest BCUT2D eigenvalue weighted by Crippen LogP contribution is -2.48. The highest BCUT2D eigenvalue weighted by atomic mass is 127. The Balaban J connectivity index is 0.00000320. The van der Waals surface area contributed by atoms with Gasteiger partial charge in [-0.3, -0.25) is 4.79 Å². The molecule has 8 nitrogen and oxygen atoms in total. The SMILES string of the molecule is CCNC(=NCc1nc(-c2ccc(Cl)cc2)no1)N1CCCC(C(=O)OCC)C1.I. The van der Waals surface area contributed by atoms with Crippen LogP contribution in [0.1, 0.15) is 32.6 Å². The lowest BCUT2D eigenvalue weighted by molar-refractivity contribution is -0.149. The van der Waals surface area contributed by atoms with Gasteiger partial charge < -0.3 is 19.5 Å². The van der Waals surface area contributed by atoms with Crippen molar-refractivity contribution >= 4 is 47.5 Å². The van der Waals surface area contributed by atoms with Crippen molar-refractivity contribution in [2.45, 2.75) is 33.2 Å². The number of likely N-dealkylation sites (tertiary alicyclic amines) is 1. The van der Waals surface area contributed by atoms with Crippen molar-refractivity contribution in [3.63, 3.8) is 0 Å². The molecule has 1 fully saturated rings. The first-order chi connectivity index (χ1) is 14.1. The maximum absolute atomic E-state index is 12.1. The van der Waals surface area contributed by atoms with Crippen LogP contribution in [0.5, 0.6) is 0 Å². The molecule has 0 radical (unpaired) electrons. The van der Waals surface area contributed by atoms with Gasteiger partial charge in [0.25, 0.3) is 0 Å². The van der Waals surface area contributed by atoms with E-state index in [1.165, 1.54) is 0 Å². The third-order valence-electron chi connectivity index (χ3n) is 4.61. The molecule has 1 aliphatic rings. The van der Waals surface area contributed by atoms with Crippen LogP contribution in [0.25, 0.3) is 11.4 Å². The van der Waals surface area contributed by atoms with Crippen molar-refractivity contribution in [3.8, 4) is 11.4 Å². The predicted octanol–water partition coefficient (Wildman–Crippen LogP) is 3.75. The Kier molecular flexibility index (Phi) is 9.83. The Morgan fingerprint density at radius 3 is 2.83 bits per heavy atom. The van der Waals surface area contributed by atoms with Crippen molar-refractivity contribution in [1.82, 2.24) is 20.4 Å². The van der Waals surface area contributed by atoms with Gasteiger partial charge in [0.15, 0.2) is 5.96 Å². The summed E-state index contributed by atoms with van der Waals surface area (Å²) < 4.78 is 10.5. The smallest absolute Gasteiger partial charge is 0.310 e. The fraction of sp³-hybridized carbons (Fsp3) is 0.500. The minimum Gasteiger partial charge on any atom is -0.466 e. The van der Waals surface area contributed by atoms with Crippen molar-refractivity contribution in [2.24, 2.45) is 10.9 Å². The van der Waals surface area contributed by atoms with Gasteiger partial charge in [-0.25, -0.2) is 4.99 Å². The number of carbonyl (C=O) groups excluding carboxylic acids is 1. The zero-order valence-electron chi connectivity index (χ0n) is 17.1. The van der Waals surface area contributed by atoms with Crippen molar-refractivity contribution < 1.29 is 14.1 Å². The number of guanidine groups is 1. The average molecular weight is 548 g/mol. The standard InChI is InChI=1S/C20H26ClN5O3.HI/c1-3-22-20(26-11-5-6-15(13-26)19(27)28-4-2)23-12-17-24-18(25-29-17)14-7-9-16(21)10-8-14;/h7-10,15H,3-6,11-13H2,1-2H3,(H,22,23);1H. The molecule has 3 rings (SSSR count). The molecule has 0 saturated carbocycles. The molecular formula is C20H27ClIN5O3. The van der Waals surface area contributed by atoms with Gasteiger partial charge in [-0.05, 0) is 51.0 Å². The van der Waals surface area contributed by atoms with E-state index >= 15 is 0 Å². The van der Waals surface area contributed by atoms with Crippen LogP contribution in [0.2, 0.25) is 5.02 Å². The molecule has 1 aliphatic heterocycles. The van der Waals surface area contributed by atoms with Crippen LogP contribution in [0, 0.1) is 5.92 Å². The normalized spacial score (nSPS) is 16.7. The number of piperidine rings is 1. The topological polar surface area (TPSA) is 92.9 Å². The Hall–Kier alpha value is -1.88. The van der Waals surface area contributed by atoms with Crippen LogP contribution < -0.4 is 5.32 Å². The van der Waals surface area contributed by atoms with E-state index in [2.05, 4.69) is 25.3 Å². The van der Waals surface area contributed by atoms with Crippen LogP contribution in [-0.4, -0.2) is 53.2 Å². The molecule has 2 heterocycles. The first-order valence-electron chi connectivity index (χ1n) is 9.89. The fourth-order valence-corrected chi connectivity index (χ4v) is 3.35. The van der Waals surface area contributed by atoms with E-state index in [1.807, 2.05) is 26.0 Å². The number of carbonyl (C=O) groups is 1. The number of nitrogens with zero attached hydrogens (tertiary/aromatic N) is 4. The second-order valence-electron chi connectivity index (χ2n) is 6.73. The Labute approximate surface area is 198 Å². The third-order valence-corrected chi connectivity index (χ3v) is 4.86. The van der Waals surface area contributed by atoms with Gasteiger partial charge in [-0.1, -0.05) is 16.8 Å². The molecule has 0 amide bonds. The van der Waals surface area contributed by atoms with Gasteiger partial charge in [-0.15, -0.1) is 24.0 Å². The molecule has 0 aliphatic carbocycles. The molecule has 164 valence electrons. The number of benzene rings is 1. The van der Waals surface area contributed by atoms with E-state index in [4.69, 9.17) is 20.9 Å². The summed E-state index contributed by atoms with van der Waals surface area (Å²) in [5, 5.41) is 7.95. The molecule has 1 unspecified atom stereocenters. The van der Waals surface area contributed by atoms with Crippen LogP contribution >= 0.6 is 35.6 Å². The largest absolute Gasteiger partial charge is 0.466 e. The molecule has 1 aromatic carbocycles. The molecule has 1 atom stereocenters. The number of aromatic nitrogens is 2. The highest BCUT2D eigenvalue weighted by Crippen LogP contribution is 2.20. The number of aliphatic imine (C=N–C) groups is 1. The van der Waals surface area contributed by atoms with E-state index in [1.54, 1.807) is 12.1 Å². The number of hydrogen-bond donors (Lipinski definition) is 1. The number of hydrogen-bond acceptors (Lipinski definition) is 6. The summed E-state index contributed by atoms with van der Waals surface area (Å²) in [5.74, 6) is 1.37. The molecule has 2 aromatic rings. The zero-order chi connectivity index (χ0) is 20.6. The Bertz CT molecular complexity index is 843. The number of ether oxygens (including phenoxy) is 1. The first kappa shape index (κ1) is 24.4. The van der Waals surface area contributed by atoms with Crippen molar-refractivity contribution in [3.05, 3.63) is 35.2 Å². The summed E-state index contributed by atoms with van der Waals surface area (Å²) in [6, 6.07) is 7.25. The molecule has 1 N–H and O–H groups in total. The first-order valence-corrected chi connectivity index (χ1v) is 10.3. The van der Waals surface area contributed by atoms with Gasteiger partial charge in [-0.2, -0.15) is 4.98 Å². The van der Waals surface area contributed by atoms with E-state index in [-0.39, 0.29) is 42.4 Å². The second-order valence-corrected chi connectivity index (χ2v) is 7.16. The summed E-state index contributed by atoms with van der Waals surface area (Å²) in [4.78, 5) is 23.2. The lowest BCUT2D eigenvalue weighted by atomic mass is 9.98. The predicted molar refractivity (Wildman–Crippen MR) is 126 cm³/mol. The number of halogens is 2. The Morgan fingerprint density at radius 2 is 2.13 bits per heavy atom. The highest BCUT2D eigenvalue weighted by Gasteiger charge is 2.28. The fourth-order valence-electron chi connectivity index (χ4n) is 3.23. The van der Waals surface area contributed by atoms with E-state index < -0.39 is 0 Å². The van der Waals surface area contributed by atoms with E-state index in [0.717, 1.165) is 37.5 Å². The zero-order valence-corrected chi connectivity index (χ0v) is 20.2. The van der Waals surface area contributed by atoms with Crippen LogP contribution in [0.4, 0.5) is 0 Å². The van der Waals surface area contributed by atoms with Crippen LogP contribution in [0.3, 0.4) is 0 Å². The minimum absolute atomic E-state index is 0. The van der Waals surface area contributed by atoms with E-state index in [0.29, 0.717) is 29.9 Å². The molecule has 1 saturated heterocycles. The van der Waals surface area contributed by atoms with Crippen molar-refractivity contribution in [2.75, 3.05) is 26.2 Å². The maximum atomic E-state index is 12.1. The molecule has 1 aromatic heterocycles. The van der Waals surface area contributed by atoms with Crippen molar-refractivity contribution in [1.29, 1.82) is 0 Å². The number of rotatable bonds is 6. The van der Waals surface area contributed by atoms with Gasteiger partial charge in [0.1, 0.15) is 6.54 Å². The molecular weight excluding hydrogens is 521 g/mol. The minimum atomic E-state index is -0.141.